The van der Waals surface area contributed by atoms with Crippen molar-refractivity contribution >= 4 is 26.6 Å². The number of aromatic nitrogens is 3. The Morgan fingerprint density at radius 3 is 2.52 bits per heavy atom. The van der Waals surface area contributed by atoms with Gasteiger partial charge in [-0.15, -0.1) is 0 Å². The highest BCUT2D eigenvalue weighted by molar-refractivity contribution is 7.92. The Hall–Kier alpha value is -3.45. The minimum atomic E-state index is -3.28. The van der Waals surface area contributed by atoms with E-state index in [0.717, 1.165) is 5.56 Å². The molecule has 0 saturated heterocycles. The van der Waals surface area contributed by atoms with Gasteiger partial charge in [-0.2, -0.15) is 10.4 Å². The van der Waals surface area contributed by atoms with E-state index in [-0.39, 0.29) is 29.9 Å². The molecule has 0 bridgehead atoms. The largest absolute Gasteiger partial charge is 0.347 e. The summed E-state index contributed by atoms with van der Waals surface area (Å²) in [5.41, 5.74) is 1.35. The first-order valence-electron chi connectivity index (χ1n) is 9.68. The van der Waals surface area contributed by atoms with E-state index in [4.69, 9.17) is 5.26 Å². The normalized spacial score (nSPS) is 14.9. The Morgan fingerprint density at radius 1 is 1.26 bits per heavy atom. The maximum absolute atomic E-state index is 13.0. The quantitative estimate of drug-likeness (QED) is 0.613. The van der Waals surface area contributed by atoms with E-state index in [0.29, 0.717) is 23.8 Å². The average Bonchev–Trinajstić information content (AvgIpc) is 3.45. The highest BCUT2D eigenvalue weighted by Gasteiger charge is 2.52. The first-order valence-corrected chi connectivity index (χ1v) is 11.6. The first kappa shape index (κ1) is 20.8. The lowest BCUT2D eigenvalue weighted by Gasteiger charge is -2.15. The van der Waals surface area contributed by atoms with E-state index < -0.39 is 20.5 Å². The number of sulfone groups is 1. The van der Waals surface area contributed by atoms with Gasteiger partial charge in [0.2, 0.25) is 0 Å². The van der Waals surface area contributed by atoms with Crippen molar-refractivity contribution < 1.29 is 13.2 Å². The Labute approximate surface area is 178 Å². The number of hydrogen-bond acceptors (Lipinski definition) is 6. The fraction of sp³-hybridized carbons (Fsp3) is 0.333. The summed E-state index contributed by atoms with van der Waals surface area (Å²) in [7, 11) is -1.70. The maximum atomic E-state index is 13.0. The monoisotopic (exact) mass is 439 g/mol. The molecule has 4 rings (SSSR count). The van der Waals surface area contributed by atoms with Crippen LogP contribution in [0.4, 0.5) is 0 Å². The van der Waals surface area contributed by atoms with Crippen molar-refractivity contribution in [3.63, 3.8) is 0 Å². The number of hydrogen-bond donors (Lipinski definition) is 1. The molecule has 2 heterocycles. The Bertz CT molecular complexity index is 1390. The number of benzene rings is 1. The van der Waals surface area contributed by atoms with Crippen molar-refractivity contribution in [1.82, 2.24) is 19.7 Å². The number of nitrogens with zero attached hydrogens (tertiary/aromatic N) is 4. The smallest absolute Gasteiger partial charge is 0.276 e. The molecule has 31 heavy (non-hydrogen) atoms. The standard InChI is InChI=1S/C21H21N5O4S/c1-25-18-16(7-10-26(20(18)28)13-21(8-9-21)31(2,29)30)17(24-25)19(27)23-12-15-5-3-14(11-22)4-6-15/h3-7,10H,8-9,12-13H2,1-2H3,(H,23,27). The van der Waals surface area contributed by atoms with Crippen molar-refractivity contribution in [1.29, 1.82) is 5.26 Å². The molecule has 2 aromatic heterocycles. The van der Waals surface area contributed by atoms with Crippen LogP contribution in [0.5, 0.6) is 0 Å². The summed E-state index contributed by atoms with van der Waals surface area (Å²) < 4.78 is 26.0. The number of nitrogens with one attached hydrogen (secondary N) is 1. The van der Waals surface area contributed by atoms with Gasteiger partial charge >= 0.3 is 0 Å². The third-order valence-electron chi connectivity index (χ3n) is 5.77. The number of amides is 1. The van der Waals surface area contributed by atoms with Crippen LogP contribution in [-0.4, -0.2) is 39.7 Å². The van der Waals surface area contributed by atoms with Crippen LogP contribution >= 0.6 is 0 Å². The van der Waals surface area contributed by atoms with Crippen molar-refractivity contribution in [3.05, 3.63) is 63.7 Å². The topological polar surface area (TPSA) is 127 Å². The summed E-state index contributed by atoms with van der Waals surface area (Å²) in [6.45, 7) is 0.336. The van der Waals surface area contributed by atoms with Gasteiger partial charge in [0, 0.05) is 38.0 Å². The van der Waals surface area contributed by atoms with Crippen molar-refractivity contribution in [3.8, 4) is 6.07 Å². The minimum absolute atomic E-state index is 0.0893. The molecule has 1 aliphatic carbocycles. The van der Waals surface area contributed by atoms with E-state index in [1.807, 2.05) is 6.07 Å². The minimum Gasteiger partial charge on any atom is -0.347 e. The Kier molecular flexibility index (Phi) is 4.94. The van der Waals surface area contributed by atoms with Gasteiger partial charge in [-0.25, -0.2) is 8.42 Å². The van der Waals surface area contributed by atoms with Crippen LogP contribution in [0, 0.1) is 11.3 Å². The highest BCUT2D eigenvalue weighted by atomic mass is 32.2. The number of rotatable bonds is 6. The van der Waals surface area contributed by atoms with E-state index >= 15 is 0 Å². The Morgan fingerprint density at radius 2 is 1.94 bits per heavy atom. The second-order valence-corrected chi connectivity index (χ2v) is 10.3. The van der Waals surface area contributed by atoms with Gasteiger partial charge in [-0.05, 0) is 36.6 Å². The summed E-state index contributed by atoms with van der Waals surface area (Å²) in [6.07, 6.45) is 3.79. The number of pyridine rings is 1. The van der Waals surface area contributed by atoms with Crippen LogP contribution in [-0.2, 0) is 30.0 Å². The van der Waals surface area contributed by atoms with Crippen LogP contribution in [0.25, 0.3) is 10.9 Å². The third-order valence-corrected chi connectivity index (χ3v) is 7.88. The van der Waals surface area contributed by atoms with Gasteiger partial charge in [0.15, 0.2) is 15.5 Å². The summed E-state index contributed by atoms with van der Waals surface area (Å²) in [4.78, 5) is 25.7. The van der Waals surface area contributed by atoms with Crippen LogP contribution in [0.3, 0.4) is 0 Å². The van der Waals surface area contributed by atoms with E-state index in [2.05, 4.69) is 10.4 Å². The zero-order valence-electron chi connectivity index (χ0n) is 17.1. The fourth-order valence-electron chi connectivity index (χ4n) is 3.67. The number of carbonyl (C=O) groups is 1. The van der Waals surface area contributed by atoms with E-state index in [9.17, 15) is 18.0 Å². The van der Waals surface area contributed by atoms with Crippen LogP contribution in [0.15, 0.2) is 41.3 Å². The molecule has 1 aliphatic rings. The molecule has 0 atom stereocenters. The van der Waals surface area contributed by atoms with Crippen LogP contribution < -0.4 is 10.9 Å². The maximum Gasteiger partial charge on any atom is 0.276 e. The van der Waals surface area contributed by atoms with Crippen LogP contribution in [0.2, 0.25) is 0 Å². The van der Waals surface area contributed by atoms with E-state index in [1.165, 1.54) is 21.7 Å². The van der Waals surface area contributed by atoms with Gasteiger partial charge in [-0.3, -0.25) is 14.3 Å². The van der Waals surface area contributed by atoms with Crippen molar-refractivity contribution in [2.24, 2.45) is 7.05 Å². The molecule has 160 valence electrons. The molecular formula is C21H21N5O4S. The SMILES string of the molecule is Cn1nc(C(=O)NCc2ccc(C#N)cc2)c2ccn(CC3(S(C)(=O)=O)CC3)c(=O)c21. The summed E-state index contributed by atoms with van der Waals surface area (Å²) in [5, 5.41) is 16.3. The lowest BCUT2D eigenvalue weighted by molar-refractivity contribution is 0.0946. The molecule has 0 spiro atoms. The van der Waals surface area contributed by atoms with Gasteiger partial charge in [0.25, 0.3) is 11.5 Å². The number of carbonyl (C=O) groups excluding carboxylic acids is 1. The highest BCUT2D eigenvalue weighted by Crippen LogP contribution is 2.44. The predicted molar refractivity (Wildman–Crippen MR) is 114 cm³/mol. The van der Waals surface area contributed by atoms with Gasteiger partial charge in [0.05, 0.1) is 16.4 Å². The fourth-order valence-corrected chi connectivity index (χ4v) is 4.89. The molecule has 10 heteroatoms. The molecule has 3 aromatic rings. The van der Waals surface area contributed by atoms with Gasteiger partial charge < -0.3 is 9.88 Å². The average molecular weight is 439 g/mol. The van der Waals surface area contributed by atoms with Gasteiger partial charge in [-0.1, -0.05) is 12.1 Å². The molecular weight excluding hydrogens is 418 g/mol. The molecule has 1 fully saturated rings. The lowest BCUT2D eigenvalue weighted by atomic mass is 10.1. The second kappa shape index (κ2) is 7.35. The predicted octanol–water partition coefficient (Wildman–Crippen LogP) is 1.11. The Balaban J connectivity index is 1.59. The van der Waals surface area contributed by atoms with Crippen LogP contribution in [0.1, 0.15) is 34.5 Å². The zero-order chi connectivity index (χ0) is 22.4. The number of fused-ring (bicyclic) bond motifs is 1. The second-order valence-electron chi connectivity index (χ2n) is 7.93. The van der Waals surface area contributed by atoms with Gasteiger partial charge in [0.1, 0.15) is 5.52 Å². The van der Waals surface area contributed by atoms with E-state index in [1.54, 1.807) is 37.4 Å². The van der Waals surface area contributed by atoms with Crippen molar-refractivity contribution in [2.75, 3.05) is 6.26 Å². The lowest BCUT2D eigenvalue weighted by Crippen LogP contribution is -2.33. The molecule has 0 aliphatic heterocycles. The van der Waals surface area contributed by atoms with Crippen molar-refractivity contribution in [2.45, 2.75) is 30.7 Å². The number of nitriles is 1. The summed E-state index contributed by atoms with van der Waals surface area (Å²) in [5.74, 6) is -0.429. The number of aryl methyl sites for hydroxylation is 1. The molecule has 1 saturated carbocycles. The molecule has 1 N–H and O–H groups in total. The third kappa shape index (κ3) is 3.72. The molecule has 1 aromatic carbocycles. The molecule has 1 amide bonds. The molecule has 0 unspecified atom stereocenters. The molecule has 0 radical (unpaired) electrons. The zero-order valence-corrected chi connectivity index (χ0v) is 17.9. The summed E-state index contributed by atoms with van der Waals surface area (Å²) in [6, 6.07) is 10.5. The summed E-state index contributed by atoms with van der Waals surface area (Å²) >= 11 is 0. The molecule has 9 nitrogen and oxygen atoms in total. The first-order chi connectivity index (χ1) is 14.6.